The summed E-state index contributed by atoms with van der Waals surface area (Å²) in [7, 11) is 1.82. The highest BCUT2D eigenvalue weighted by molar-refractivity contribution is 6.01. The summed E-state index contributed by atoms with van der Waals surface area (Å²) in [6.45, 7) is 3.92. The Balaban J connectivity index is 1.67. The van der Waals surface area contributed by atoms with Crippen LogP contribution in [0.25, 0.3) is 0 Å². The molecule has 1 aromatic heterocycles. The highest BCUT2D eigenvalue weighted by Gasteiger charge is 2.37. The van der Waals surface area contributed by atoms with Gasteiger partial charge in [0.1, 0.15) is 11.9 Å². The molecule has 3 heterocycles. The van der Waals surface area contributed by atoms with E-state index in [0.717, 1.165) is 11.5 Å². The second kappa shape index (κ2) is 4.90. The molecule has 2 fully saturated rings. The van der Waals surface area contributed by atoms with Crippen LogP contribution in [0.2, 0.25) is 0 Å². The number of aryl methyl sites for hydroxylation is 2. The van der Waals surface area contributed by atoms with E-state index in [2.05, 4.69) is 15.7 Å². The van der Waals surface area contributed by atoms with Crippen molar-refractivity contribution in [3.05, 3.63) is 11.8 Å². The number of hydrogen-bond donors (Lipinski definition) is 2. The van der Waals surface area contributed by atoms with Crippen LogP contribution in [0.4, 0.5) is 5.82 Å². The van der Waals surface area contributed by atoms with Crippen molar-refractivity contribution in [3.63, 3.8) is 0 Å². The van der Waals surface area contributed by atoms with Crippen LogP contribution in [0.3, 0.4) is 0 Å². The maximum atomic E-state index is 12.4. The average molecular weight is 277 g/mol. The number of nitrogens with one attached hydrogen (secondary N) is 2. The molecule has 1 aromatic rings. The molecule has 0 bridgehead atoms. The van der Waals surface area contributed by atoms with Gasteiger partial charge in [-0.1, -0.05) is 0 Å². The number of rotatable bonds is 3. The molecule has 7 heteroatoms. The molecule has 108 valence electrons. The maximum Gasteiger partial charge on any atom is 0.250 e. The van der Waals surface area contributed by atoms with Gasteiger partial charge in [0.25, 0.3) is 5.91 Å². The zero-order valence-electron chi connectivity index (χ0n) is 11.7. The fourth-order valence-electron chi connectivity index (χ4n) is 2.65. The zero-order valence-corrected chi connectivity index (χ0v) is 11.7. The molecule has 7 nitrogen and oxygen atoms in total. The number of anilines is 1. The predicted molar refractivity (Wildman–Crippen MR) is 73.2 cm³/mol. The van der Waals surface area contributed by atoms with Gasteiger partial charge in [0.15, 0.2) is 0 Å². The Bertz CT molecular complexity index is 549. The third-order valence-corrected chi connectivity index (χ3v) is 3.93. The van der Waals surface area contributed by atoms with Gasteiger partial charge in [0.2, 0.25) is 5.91 Å². The summed E-state index contributed by atoms with van der Waals surface area (Å²) in [4.78, 5) is 26.0. The fourth-order valence-corrected chi connectivity index (χ4v) is 2.65. The Labute approximate surface area is 117 Å². The number of hydrogen-bond acceptors (Lipinski definition) is 4. The van der Waals surface area contributed by atoms with Gasteiger partial charge in [-0.3, -0.25) is 19.2 Å². The molecule has 0 aliphatic carbocycles. The number of aromatic nitrogens is 2. The monoisotopic (exact) mass is 277 g/mol. The fraction of sp³-hybridized carbons (Fsp3) is 0.615. The normalized spacial score (nSPS) is 23.0. The summed E-state index contributed by atoms with van der Waals surface area (Å²) in [5.74, 6) is 0.726. The van der Waals surface area contributed by atoms with Gasteiger partial charge in [-0.2, -0.15) is 5.10 Å². The molecule has 2 N–H and O–H groups in total. The number of carbonyl (C=O) groups is 2. The minimum absolute atomic E-state index is 0.01000. The lowest BCUT2D eigenvalue weighted by Gasteiger charge is -2.27. The van der Waals surface area contributed by atoms with Gasteiger partial charge in [-0.25, -0.2) is 0 Å². The van der Waals surface area contributed by atoms with Gasteiger partial charge in [0, 0.05) is 32.7 Å². The van der Waals surface area contributed by atoms with E-state index in [9.17, 15) is 9.59 Å². The Hall–Kier alpha value is -1.89. The Morgan fingerprint density at radius 2 is 2.25 bits per heavy atom. The van der Waals surface area contributed by atoms with Gasteiger partial charge < -0.3 is 10.6 Å². The summed E-state index contributed by atoms with van der Waals surface area (Å²) < 4.78 is 1.70. The number of carbonyl (C=O) groups excluding carboxylic acids is 2. The van der Waals surface area contributed by atoms with Gasteiger partial charge in [-0.05, 0) is 13.3 Å². The van der Waals surface area contributed by atoms with Crippen LogP contribution < -0.4 is 15.5 Å². The average Bonchev–Trinajstić information content (AvgIpc) is 2.81. The molecule has 2 amide bonds. The molecule has 0 spiro atoms. The third-order valence-electron chi connectivity index (χ3n) is 3.93. The first-order valence-electron chi connectivity index (χ1n) is 6.89. The summed E-state index contributed by atoms with van der Waals surface area (Å²) in [6.07, 6.45) is 0.648. The van der Waals surface area contributed by atoms with Crippen molar-refractivity contribution in [2.75, 3.05) is 24.5 Å². The summed E-state index contributed by atoms with van der Waals surface area (Å²) in [5, 5.41) is 10.2. The van der Waals surface area contributed by atoms with E-state index in [1.54, 1.807) is 9.58 Å². The van der Waals surface area contributed by atoms with Crippen LogP contribution >= 0.6 is 0 Å². The molecule has 3 rings (SSSR count). The van der Waals surface area contributed by atoms with Crippen molar-refractivity contribution in [2.45, 2.75) is 19.4 Å². The molecule has 1 atom stereocenters. The first-order valence-corrected chi connectivity index (χ1v) is 6.89. The zero-order chi connectivity index (χ0) is 14.3. The van der Waals surface area contributed by atoms with Crippen LogP contribution in [0.15, 0.2) is 6.07 Å². The molecule has 0 saturated carbocycles. The summed E-state index contributed by atoms with van der Waals surface area (Å²) >= 11 is 0. The Morgan fingerprint density at radius 3 is 2.80 bits per heavy atom. The molecular weight excluding hydrogens is 258 g/mol. The molecular formula is C13H19N5O2. The highest BCUT2D eigenvalue weighted by atomic mass is 16.2. The third kappa shape index (κ3) is 2.18. The highest BCUT2D eigenvalue weighted by Crippen LogP contribution is 2.22. The molecule has 0 aromatic carbocycles. The molecule has 20 heavy (non-hydrogen) atoms. The first kappa shape index (κ1) is 13.1. The molecule has 2 aliphatic heterocycles. The molecule has 2 saturated heterocycles. The first-order chi connectivity index (χ1) is 9.56. The quantitative estimate of drug-likeness (QED) is 0.756. The second-order valence-electron chi connectivity index (χ2n) is 5.46. The van der Waals surface area contributed by atoms with E-state index in [-0.39, 0.29) is 17.7 Å². The minimum atomic E-state index is -0.404. The van der Waals surface area contributed by atoms with Crippen molar-refractivity contribution in [2.24, 2.45) is 13.0 Å². The van der Waals surface area contributed by atoms with Crippen molar-refractivity contribution < 1.29 is 9.59 Å². The van der Waals surface area contributed by atoms with E-state index in [4.69, 9.17) is 0 Å². The smallest absolute Gasteiger partial charge is 0.250 e. The van der Waals surface area contributed by atoms with Gasteiger partial charge >= 0.3 is 0 Å². The largest absolute Gasteiger partial charge is 0.344 e. The Morgan fingerprint density at radius 1 is 1.50 bits per heavy atom. The maximum absolute atomic E-state index is 12.4. The van der Waals surface area contributed by atoms with Crippen LogP contribution in [0, 0.1) is 12.8 Å². The van der Waals surface area contributed by atoms with E-state index >= 15 is 0 Å². The second-order valence-corrected chi connectivity index (χ2v) is 5.46. The summed E-state index contributed by atoms with van der Waals surface area (Å²) in [6, 6.07) is 1.48. The minimum Gasteiger partial charge on any atom is -0.344 e. The lowest BCUT2D eigenvalue weighted by molar-refractivity contribution is -0.130. The topological polar surface area (TPSA) is 79.3 Å². The van der Waals surface area contributed by atoms with Gasteiger partial charge in [0.05, 0.1) is 11.6 Å². The van der Waals surface area contributed by atoms with Crippen LogP contribution in [-0.2, 0) is 16.6 Å². The van der Waals surface area contributed by atoms with E-state index < -0.39 is 6.04 Å². The van der Waals surface area contributed by atoms with Gasteiger partial charge in [-0.15, -0.1) is 0 Å². The molecule has 0 radical (unpaired) electrons. The van der Waals surface area contributed by atoms with Crippen molar-refractivity contribution in [1.29, 1.82) is 0 Å². The van der Waals surface area contributed by atoms with Crippen LogP contribution in [0.1, 0.15) is 12.1 Å². The van der Waals surface area contributed by atoms with E-state index in [1.807, 2.05) is 20.0 Å². The standard InChI is InChI=1S/C13H19N5O2/c1-8-5-11(17(2)16-8)18-4-3-10(13(18)20)15-12(19)9-6-14-7-9/h5,9-10,14H,3-4,6-7H2,1-2H3,(H,15,19). The lowest BCUT2D eigenvalue weighted by Crippen LogP contribution is -2.54. The molecule has 1 unspecified atom stereocenters. The SMILES string of the molecule is Cc1cc(N2CCC(NC(=O)C3CNC3)C2=O)n(C)n1. The van der Waals surface area contributed by atoms with Crippen molar-refractivity contribution in [1.82, 2.24) is 20.4 Å². The van der Waals surface area contributed by atoms with E-state index in [0.29, 0.717) is 26.1 Å². The van der Waals surface area contributed by atoms with Crippen LogP contribution in [0.5, 0.6) is 0 Å². The summed E-state index contributed by atoms with van der Waals surface area (Å²) in [5.41, 5.74) is 0.878. The molecule has 2 aliphatic rings. The van der Waals surface area contributed by atoms with Crippen LogP contribution in [-0.4, -0.2) is 47.3 Å². The lowest BCUT2D eigenvalue weighted by atomic mass is 10.0. The van der Waals surface area contributed by atoms with Crippen molar-refractivity contribution >= 4 is 17.6 Å². The Kier molecular flexibility index (Phi) is 3.21. The number of amides is 2. The predicted octanol–water partition coefficient (Wildman–Crippen LogP) is -0.831. The number of nitrogens with zero attached hydrogens (tertiary/aromatic N) is 3. The van der Waals surface area contributed by atoms with E-state index in [1.165, 1.54) is 0 Å². The van der Waals surface area contributed by atoms with Crippen molar-refractivity contribution in [3.8, 4) is 0 Å².